The van der Waals surface area contributed by atoms with Gasteiger partial charge in [0.15, 0.2) is 6.04 Å². The summed E-state index contributed by atoms with van der Waals surface area (Å²) < 4.78 is 32.6. The van der Waals surface area contributed by atoms with Gasteiger partial charge in [0, 0.05) is 64.8 Å². The van der Waals surface area contributed by atoms with Crippen molar-refractivity contribution in [2.45, 2.75) is 137 Å². The molecule has 14 heteroatoms. The van der Waals surface area contributed by atoms with E-state index in [0.29, 0.717) is 39.0 Å². The van der Waals surface area contributed by atoms with Gasteiger partial charge in [-0.05, 0) is 122 Å². The number of hydrogen-bond donors (Lipinski definition) is 1. The Morgan fingerprint density at radius 2 is 1.73 bits per heavy atom. The molecule has 1 N–H and O–H groups in total. The van der Waals surface area contributed by atoms with Gasteiger partial charge < -0.3 is 33.6 Å². The molecular weight excluding hydrogens is 818 g/mol. The number of rotatable bonds is 10. The fourth-order valence-corrected chi connectivity index (χ4v) is 8.56. The molecule has 3 aliphatic heterocycles. The standard InChI is InChI=1S/C45H62BrN5O8/c1-12-49-36-16-15-30(46)21-33(36)35(39(49)34-20-29(23-47-38(34)27(2)55-11)28-18-31-24-56-25-32(19-28)48-31)22-45(9,10)26-57-40(52)37-14-13-17-50(41(53)58-43(3,4)5)51(37)42(54)59-44(6,7)8/h15-16,18,20-21,23,27,31-32,37,48H,12-14,17,19,22,24-26H2,1-11H3/t27-,31?,32?,37-/m0/s1. The average molecular weight is 881 g/mol. The highest BCUT2D eigenvalue weighted by Gasteiger charge is 2.44. The number of pyridine rings is 1. The minimum Gasteiger partial charge on any atom is -0.464 e. The van der Waals surface area contributed by atoms with Crippen LogP contribution in [-0.2, 0) is 41.4 Å². The van der Waals surface area contributed by atoms with Gasteiger partial charge in [-0.15, -0.1) is 0 Å². The molecule has 6 rings (SSSR count). The molecule has 2 saturated heterocycles. The zero-order valence-corrected chi connectivity index (χ0v) is 38.2. The minimum absolute atomic E-state index is 0.0491. The van der Waals surface area contributed by atoms with Crippen molar-refractivity contribution in [3.63, 3.8) is 0 Å². The third kappa shape index (κ3) is 10.3. The van der Waals surface area contributed by atoms with E-state index in [-0.39, 0.29) is 31.3 Å². The third-order valence-corrected chi connectivity index (χ3v) is 11.3. The molecule has 2 unspecified atom stereocenters. The van der Waals surface area contributed by atoms with Gasteiger partial charge >= 0.3 is 18.2 Å². The predicted molar refractivity (Wildman–Crippen MR) is 231 cm³/mol. The first-order valence-corrected chi connectivity index (χ1v) is 21.6. The van der Waals surface area contributed by atoms with Crippen molar-refractivity contribution in [3.8, 4) is 11.3 Å². The molecule has 2 aromatic heterocycles. The van der Waals surface area contributed by atoms with Crippen molar-refractivity contribution in [1.82, 2.24) is 24.9 Å². The summed E-state index contributed by atoms with van der Waals surface area (Å²) in [6.45, 7) is 21.0. The largest absolute Gasteiger partial charge is 0.464 e. The Morgan fingerprint density at radius 3 is 2.39 bits per heavy atom. The molecule has 0 aliphatic carbocycles. The lowest BCUT2D eigenvalue weighted by molar-refractivity contribution is -0.164. The molecule has 1 aromatic carbocycles. The first-order chi connectivity index (χ1) is 27.7. The second-order valence-corrected chi connectivity index (χ2v) is 19.6. The van der Waals surface area contributed by atoms with Crippen molar-refractivity contribution >= 4 is 50.6 Å². The Bertz CT molecular complexity index is 2080. The fraction of sp³-hybridized carbons (Fsp3) is 0.600. The quantitative estimate of drug-likeness (QED) is 0.155. The van der Waals surface area contributed by atoms with Crippen molar-refractivity contribution in [1.29, 1.82) is 0 Å². The molecule has 0 saturated carbocycles. The van der Waals surface area contributed by atoms with E-state index in [4.69, 9.17) is 28.7 Å². The number of carbonyl (C=O) groups excluding carboxylic acids is 3. The summed E-state index contributed by atoms with van der Waals surface area (Å²) in [5.74, 6) is -0.616. The van der Waals surface area contributed by atoms with Crippen LogP contribution in [0.2, 0.25) is 0 Å². The lowest BCUT2D eigenvalue weighted by atomic mass is 9.84. The van der Waals surface area contributed by atoms with Crippen LogP contribution in [0.5, 0.6) is 0 Å². The number of amides is 2. The molecule has 0 spiro atoms. The van der Waals surface area contributed by atoms with E-state index in [1.807, 2.05) is 13.1 Å². The number of morpholine rings is 1. The van der Waals surface area contributed by atoms with E-state index in [9.17, 15) is 14.4 Å². The van der Waals surface area contributed by atoms with E-state index in [0.717, 1.165) is 54.9 Å². The second-order valence-electron chi connectivity index (χ2n) is 18.7. The fourth-order valence-electron chi connectivity index (χ4n) is 8.20. The van der Waals surface area contributed by atoms with Gasteiger partial charge in [0.25, 0.3) is 0 Å². The van der Waals surface area contributed by atoms with Crippen LogP contribution >= 0.6 is 15.9 Å². The summed E-state index contributed by atoms with van der Waals surface area (Å²) in [7, 11) is 1.70. The third-order valence-electron chi connectivity index (χ3n) is 10.8. The van der Waals surface area contributed by atoms with Gasteiger partial charge in [0.1, 0.15) is 11.2 Å². The number of methoxy groups -OCH3 is 1. The molecule has 0 radical (unpaired) electrons. The van der Waals surface area contributed by atoms with E-state index in [1.165, 1.54) is 10.6 Å². The molecule has 3 aliphatic rings. The van der Waals surface area contributed by atoms with Crippen molar-refractivity contribution in [3.05, 3.63) is 57.8 Å². The smallest absolute Gasteiger partial charge is 0.430 e. The van der Waals surface area contributed by atoms with Gasteiger partial charge in [-0.2, -0.15) is 5.01 Å². The number of benzene rings is 1. The van der Waals surface area contributed by atoms with Gasteiger partial charge in [-0.25, -0.2) is 19.4 Å². The van der Waals surface area contributed by atoms with Crippen LogP contribution in [-0.4, -0.2) is 101 Å². The van der Waals surface area contributed by atoms with Crippen LogP contribution < -0.4 is 5.32 Å². The number of ether oxygens (including phenoxy) is 5. The highest BCUT2D eigenvalue weighted by molar-refractivity contribution is 9.10. The molecular formula is C45H62BrN5O8. The predicted octanol–water partition coefficient (Wildman–Crippen LogP) is 9.00. The number of carbonyl (C=O) groups is 3. The van der Waals surface area contributed by atoms with Crippen LogP contribution in [0.25, 0.3) is 27.7 Å². The Morgan fingerprint density at radius 1 is 1.02 bits per heavy atom. The lowest BCUT2D eigenvalue weighted by Crippen LogP contribution is -2.61. The van der Waals surface area contributed by atoms with Crippen LogP contribution in [0.1, 0.15) is 111 Å². The Hall–Kier alpha value is -3.98. The number of halogens is 1. The van der Waals surface area contributed by atoms with Gasteiger partial charge in [0.05, 0.1) is 37.3 Å². The monoisotopic (exact) mass is 879 g/mol. The summed E-state index contributed by atoms with van der Waals surface area (Å²) in [5.41, 5.74) is 5.11. The molecule has 3 aromatic rings. The zero-order chi connectivity index (χ0) is 43.0. The molecule has 4 atom stereocenters. The van der Waals surface area contributed by atoms with Crippen LogP contribution in [0.4, 0.5) is 9.59 Å². The first kappa shape index (κ1) is 44.6. The highest BCUT2D eigenvalue weighted by Crippen LogP contribution is 2.43. The lowest BCUT2D eigenvalue weighted by Gasteiger charge is -2.43. The van der Waals surface area contributed by atoms with Crippen LogP contribution in [0, 0.1) is 5.41 Å². The van der Waals surface area contributed by atoms with Crippen molar-refractivity contribution in [2.75, 3.05) is 33.5 Å². The van der Waals surface area contributed by atoms with E-state index < -0.39 is 40.8 Å². The average Bonchev–Trinajstić information content (AvgIpc) is 3.45. The molecule has 2 amide bonds. The number of hydrazine groups is 1. The van der Waals surface area contributed by atoms with Crippen molar-refractivity contribution in [2.24, 2.45) is 5.41 Å². The number of esters is 1. The number of nitrogens with one attached hydrogen (secondary N) is 1. The van der Waals surface area contributed by atoms with Crippen LogP contribution in [0.15, 0.2) is 41.0 Å². The molecule has 59 heavy (non-hydrogen) atoms. The molecule has 5 heterocycles. The first-order valence-electron chi connectivity index (χ1n) is 20.8. The van der Waals surface area contributed by atoms with E-state index in [1.54, 1.807) is 48.7 Å². The van der Waals surface area contributed by atoms with E-state index in [2.05, 4.69) is 76.9 Å². The Labute approximate surface area is 357 Å². The number of aryl methyl sites for hydroxylation is 1. The maximum absolute atomic E-state index is 14.1. The van der Waals surface area contributed by atoms with Crippen molar-refractivity contribution < 1.29 is 38.1 Å². The SMILES string of the molecule is CCn1c(-c2cc(C3=CC4COCC(C3)N4)cnc2[C@H](C)OC)c(CC(C)(C)COC(=O)[C@@H]2CCCN(C(=O)OC(C)(C)C)N2C(=O)OC(C)(C)C)c2cc(Br)ccc21. The summed E-state index contributed by atoms with van der Waals surface area (Å²) in [4.78, 5) is 46.3. The topological polar surface area (TPSA) is 134 Å². The highest BCUT2D eigenvalue weighted by atomic mass is 79.9. The summed E-state index contributed by atoms with van der Waals surface area (Å²) in [6, 6.07) is 7.94. The number of hydrogen-bond acceptors (Lipinski definition) is 10. The molecule has 13 nitrogen and oxygen atoms in total. The molecule has 2 bridgehead atoms. The van der Waals surface area contributed by atoms with Gasteiger partial charge in [-0.1, -0.05) is 35.9 Å². The number of aromatic nitrogens is 2. The number of nitrogens with zero attached hydrogens (tertiary/aromatic N) is 4. The Balaban J connectivity index is 1.35. The summed E-state index contributed by atoms with van der Waals surface area (Å²) >= 11 is 3.74. The van der Waals surface area contributed by atoms with Gasteiger partial charge in [0.2, 0.25) is 0 Å². The summed E-state index contributed by atoms with van der Waals surface area (Å²) in [6.07, 6.45) is 4.54. The van der Waals surface area contributed by atoms with Gasteiger partial charge in [-0.3, -0.25) is 4.98 Å². The second kappa shape index (κ2) is 17.6. The molecule has 2 fully saturated rings. The Kier molecular flexibility index (Phi) is 13.3. The normalized spacial score (nSPS) is 20.6. The zero-order valence-electron chi connectivity index (χ0n) is 36.6. The molecule has 322 valence electrons. The van der Waals surface area contributed by atoms with E-state index >= 15 is 0 Å². The number of fused-ring (bicyclic) bond motifs is 3. The van der Waals surface area contributed by atoms with Crippen LogP contribution in [0.3, 0.4) is 0 Å². The maximum atomic E-state index is 14.1. The minimum atomic E-state index is -1.09. The maximum Gasteiger partial charge on any atom is 0.430 e. The summed E-state index contributed by atoms with van der Waals surface area (Å²) in [5, 5.41) is 6.99.